The first-order chi connectivity index (χ1) is 9.93. The molecule has 0 aliphatic carbocycles. The lowest BCUT2D eigenvalue weighted by Gasteiger charge is -2.46. The maximum Gasteiger partial charge on any atom is 0.259 e. The number of hydrogen-bond acceptors (Lipinski definition) is 4. The Morgan fingerprint density at radius 3 is 2.67 bits per heavy atom. The number of aliphatic hydroxyl groups is 1. The summed E-state index contributed by atoms with van der Waals surface area (Å²) in [7, 11) is 0. The number of carbonyl (C=O) groups excluding carboxylic acids is 2. The standard InChI is InChI=1S/C15H19BrN2O3/c1-2-7-15(21)9-18(10-15)8-13(19)17-14(20)11-5-3-4-6-12(11)16/h3-6,21H,2,7-10H2,1H3,(H,17,19,20). The van der Waals surface area contributed by atoms with Gasteiger partial charge in [-0.05, 0) is 34.5 Å². The fraction of sp³-hybridized carbons (Fsp3) is 0.467. The first-order valence-corrected chi connectivity index (χ1v) is 7.76. The van der Waals surface area contributed by atoms with Crippen LogP contribution in [0.15, 0.2) is 28.7 Å². The van der Waals surface area contributed by atoms with Crippen molar-refractivity contribution in [3.05, 3.63) is 34.3 Å². The molecule has 1 fully saturated rings. The molecule has 1 aromatic rings. The highest BCUT2D eigenvalue weighted by molar-refractivity contribution is 9.10. The van der Waals surface area contributed by atoms with E-state index in [1.54, 1.807) is 24.3 Å². The fourth-order valence-corrected chi connectivity index (χ4v) is 3.07. The molecule has 0 bridgehead atoms. The second-order valence-corrected chi connectivity index (χ2v) is 6.33. The van der Waals surface area contributed by atoms with E-state index < -0.39 is 11.5 Å². The first kappa shape index (κ1) is 16.1. The van der Waals surface area contributed by atoms with Crippen molar-refractivity contribution in [2.75, 3.05) is 19.6 Å². The molecule has 0 spiro atoms. The number of nitrogens with one attached hydrogen (secondary N) is 1. The first-order valence-electron chi connectivity index (χ1n) is 6.97. The molecule has 0 atom stereocenters. The number of β-amino-alcohol motifs (C(OH)–C–C–N with tert-alkyl or cyclic N) is 1. The van der Waals surface area contributed by atoms with E-state index in [1.807, 2.05) is 11.8 Å². The second kappa shape index (κ2) is 6.68. The van der Waals surface area contributed by atoms with Crippen LogP contribution in [0, 0.1) is 0 Å². The average molecular weight is 355 g/mol. The minimum absolute atomic E-state index is 0.127. The molecule has 114 valence electrons. The molecular weight excluding hydrogens is 336 g/mol. The third-order valence-electron chi connectivity index (χ3n) is 3.49. The summed E-state index contributed by atoms with van der Waals surface area (Å²) in [4.78, 5) is 25.6. The predicted molar refractivity (Wildman–Crippen MR) is 82.9 cm³/mol. The molecule has 5 nitrogen and oxygen atoms in total. The zero-order valence-corrected chi connectivity index (χ0v) is 13.5. The van der Waals surface area contributed by atoms with Crippen LogP contribution in [0.4, 0.5) is 0 Å². The Morgan fingerprint density at radius 2 is 2.05 bits per heavy atom. The summed E-state index contributed by atoms with van der Waals surface area (Å²) in [6, 6.07) is 6.94. The molecule has 6 heteroatoms. The van der Waals surface area contributed by atoms with Gasteiger partial charge in [-0.25, -0.2) is 0 Å². The van der Waals surface area contributed by atoms with Gasteiger partial charge in [-0.1, -0.05) is 25.5 Å². The lowest BCUT2D eigenvalue weighted by atomic mass is 9.89. The molecule has 1 heterocycles. The molecular formula is C15H19BrN2O3. The Bertz CT molecular complexity index is 541. The molecule has 0 aromatic heterocycles. The number of halogens is 1. The van der Waals surface area contributed by atoms with Crippen LogP contribution in [0.25, 0.3) is 0 Å². The van der Waals surface area contributed by atoms with E-state index in [1.165, 1.54) is 0 Å². The van der Waals surface area contributed by atoms with Gasteiger partial charge in [0, 0.05) is 17.6 Å². The van der Waals surface area contributed by atoms with Gasteiger partial charge < -0.3 is 5.11 Å². The van der Waals surface area contributed by atoms with Crippen LogP contribution in [0.3, 0.4) is 0 Å². The normalized spacial score (nSPS) is 17.1. The van der Waals surface area contributed by atoms with E-state index >= 15 is 0 Å². The number of imide groups is 1. The highest BCUT2D eigenvalue weighted by Crippen LogP contribution is 2.25. The van der Waals surface area contributed by atoms with Crippen LogP contribution in [0.5, 0.6) is 0 Å². The Hall–Kier alpha value is -1.24. The molecule has 0 saturated carbocycles. The third kappa shape index (κ3) is 4.12. The van der Waals surface area contributed by atoms with Crippen LogP contribution in [0.2, 0.25) is 0 Å². The fourth-order valence-electron chi connectivity index (χ4n) is 2.60. The highest BCUT2D eigenvalue weighted by Gasteiger charge is 2.40. The lowest BCUT2D eigenvalue weighted by molar-refractivity contribution is -0.132. The molecule has 2 N–H and O–H groups in total. The van der Waals surface area contributed by atoms with Crippen molar-refractivity contribution in [2.24, 2.45) is 0 Å². The molecule has 2 rings (SSSR count). The minimum atomic E-state index is -0.665. The molecule has 0 radical (unpaired) electrons. The predicted octanol–water partition coefficient (Wildman–Crippen LogP) is 1.55. The van der Waals surface area contributed by atoms with E-state index in [4.69, 9.17) is 0 Å². The summed E-state index contributed by atoms with van der Waals surface area (Å²) in [6.07, 6.45) is 1.65. The van der Waals surface area contributed by atoms with Gasteiger partial charge in [0.15, 0.2) is 0 Å². The molecule has 1 aliphatic heterocycles. The number of carbonyl (C=O) groups is 2. The summed E-state index contributed by atoms with van der Waals surface area (Å²) in [6.45, 7) is 3.11. The summed E-state index contributed by atoms with van der Waals surface area (Å²) in [5.41, 5.74) is -0.237. The number of likely N-dealkylation sites (tertiary alicyclic amines) is 1. The lowest BCUT2D eigenvalue weighted by Crippen LogP contribution is -2.63. The minimum Gasteiger partial charge on any atom is -0.387 e. The summed E-state index contributed by atoms with van der Waals surface area (Å²) >= 11 is 3.28. The zero-order chi connectivity index (χ0) is 15.5. The molecule has 1 aliphatic rings. The van der Waals surface area contributed by atoms with Gasteiger partial charge in [-0.15, -0.1) is 0 Å². The van der Waals surface area contributed by atoms with Gasteiger partial charge in [0.2, 0.25) is 5.91 Å². The van der Waals surface area contributed by atoms with E-state index in [2.05, 4.69) is 21.2 Å². The summed E-state index contributed by atoms with van der Waals surface area (Å²) in [5.74, 6) is -0.772. The molecule has 21 heavy (non-hydrogen) atoms. The van der Waals surface area contributed by atoms with Crippen LogP contribution in [-0.4, -0.2) is 47.1 Å². The van der Waals surface area contributed by atoms with Crippen LogP contribution in [0.1, 0.15) is 30.1 Å². The van der Waals surface area contributed by atoms with Gasteiger partial charge >= 0.3 is 0 Å². The monoisotopic (exact) mass is 354 g/mol. The number of nitrogens with zero attached hydrogens (tertiary/aromatic N) is 1. The maximum absolute atomic E-state index is 12.0. The Balaban J connectivity index is 1.81. The zero-order valence-electron chi connectivity index (χ0n) is 11.9. The van der Waals surface area contributed by atoms with E-state index in [0.29, 0.717) is 23.1 Å². The SMILES string of the molecule is CCCC1(O)CN(CC(=O)NC(=O)c2ccccc2Br)C1. The smallest absolute Gasteiger partial charge is 0.259 e. The number of rotatable bonds is 5. The second-order valence-electron chi connectivity index (χ2n) is 5.48. The van der Waals surface area contributed by atoms with Gasteiger partial charge in [-0.2, -0.15) is 0 Å². The third-order valence-corrected chi connectivity index (χ3v) is 4.18. The van der Waals surface area contributed by atoms with E-state index in [9.17, 15) is 14.7 Å². The molecule has 1 aromatic carbocycles. The van der Waals surface area contributed by atoms with Crippen molar-refractivity contribution < 1.29 is 14.7 Å². The van der Waals surface area contributed by atoms with E-state index in [0.717, 1.165) is 12.8 Å². The van der Waals surface area contributed by atoms with Gasteiger partial charge in [0.25, 0.3) is 5.91 Å². The molecule has 1 saturated heterocycles. The number of hydrogen-bond donors (Lipinski definition) is 2. The summed E-state index contributed by atoms with van der Waals surface area (Å²) < 4.78 is 0.650. The van der Waals surface area contributed by atoms with Crippen molar-refractivity contribution in [1.29, 1.82) is 0 Å². The van der Waals surface area contributed by atoms with Crippen molar-refractivity contribution in [2.45, 2.75) is 25.4 Å². The van der Waals surface area contributed by atoms with Crippen LogP contribution < -0.4 is 5.32 Å². The average Bonchev–Trinajstić information content (AvgIpc) is 2.37. The van der Waals surface area contributed by atoms with Gasteiger partial charge in [-0.3, -0.25) is 19.8 Å². The Morgan fingerprint density at radius 1 is 1.38 bits per heavy atom. The maximum atomic E-state index is 12.0. The number of amides is 2. The van der Waals surface area contributed by atoms with Crippen LogP contribution in [-0.2, 0) is 4.79 Å². The summed E-state index contributed by atoms with van der Waals surface area (Å²) in [5, 5.41) is 12.4. The topological polar surface area (TPSA) is 69.6 Å². The quantitative estimate of drug-likeness (QED) is 0.841. The van der Waals surface area contributed by atoms with Gasteiger partial charge in [0.1, 0.15) is 0 Å². The molecule has 2 amide bonds. The van der Waals surface area contributed by atoms with Crippen molar-refractivity contribution in [1.82, 2.24) is 10.2 Å². The number of benzene rings is 1. The van der Waals surface area contributed by atoms with E-state index in [-0.39, 0.29) is 12.5 Å². The van der Waals surface area contributed by atoms with Crippen molar-refractivity contribution >= 4 is 27.7 Å². The largest absolute Gasteiger partial charge is 0.387 e. The van der Waals surface area contributed by atoms with Crippen molar-refractivity contribution in [3.63, 3.8) is 0 Å². The van der Waals surface area contributed by atoms with Gasteiger partial charge in [0.05, 0.1) is 17.7 Å². The Labute approximate surface area is 132 Å². The molecule has 0 unspecified atom stereocenters. The highest BCUT2D eigenvalue weighted by atomic mass is 79.9. The van der Waals surface area contributed by atoms with Crippen LogP contribution >= 0.6 is 15.9 Å². The Kier molecular flexibility index (Phi) is 5.13. The van der Waals surface area contributed by atoms with Crippen molar-refractivity contribution in [3.8, 4) is 0 Å².